The molecule has 0 aliphatic rings. The van der Waals surface area contributed by atoms with Gasteiger partial charge in [-0.15, -0.1) is 0 Å². The molecule has 34 heavy (non-hydrogen) atoms. The van der Waals surface area contributed by atoms with Gasteiger partial charge in [0, 0.05) is 13.1 Å². The lowest BCUT2D eigenvalue weighted by Gasteiger charge is -2.28. The molecule has 1 aromatic heterocycles. The Hall–Kier alpha value is -3.21. The van der Waals surface area contributed by atoms with Crippen LogP contribution in [0.15, 0.2) is 60.9 Å². The number of nitrogens with zero attached hydrogens (tertiary/aromatic N) is 3. The molecule has 0 bridgehead atoms. The Balaban J connectivity index is 1.90. The van der Waals surface area contributed by atoms with E-state index < -0.39 is 21.4 Å². The molecule has 0 spiro atoms. The first-order chi connectivity index (χ1) is 16.3. The minimum Gasteiger partial charge on any atom is -0.497 e. The summed E-state index contributed by atoms with van der Waals surface area (Å²) in [7, 11) is 0.618. The van der Waals surface area contributed by atoms with Crippen molar-refractivity contribution in [2.45, 2.75) is 31.4 Å². The van der Waals surface area contributed by atoms with Crippen LogP contribution in [0.5, 0.6) is 17.4 Å². The SMILES string of the molecule is COc1ccc(CN(Cc2ccc(OC)cc2)S(=O)(=O)[C@@H](C)[C@@H](O)c2cnc(OC)cn2)cc1. The predicted octanol–water partition coefficient (Wildman–Crippen LogP) is 2.96. The molecule has 10 heteroatoms. The lowest BCUT2D eigenvalue weighted by atomic mass is 10.2. The normalized spacial score (nSPS) is 13.4. The molecule has 0 aliphatic heterocycles. The monoisotopic (exact) mass is 487 g/mol. The second kappa shape index (κ2) is 11.3. The van der Waals surface area contributed by atoms with E-state index in [1.54, 1.807) is 38.5 Å². The van der Waals surface area contributed by atoms with Crippen LogP contribution in [0.1, 0.15) is 29.8 Å². The van der Waals surface area contributed by atoms with Gasteiger partial charge in [0.25, 0.3) is 0 Å². The molecule has 0 amide bonds. The molecule has 2 atom stereocenters. The maximum Gasteiger partial charge on any atom is 0.231 e. The Bertz CT molecular complexity index is 1100. The average molecular weight is 488 g/mol. The molecule has 0 aliphatic carbocycles. The second-order valence-corrected chi connectivity index (χ2v) is 9.93. The van der Waals surface area contributed by atoms with Gasteiger partial charge in [-0.1, -0.05) is 24.3 Å². The summed E-state index contributed by atoms with van der Waals surface area (Å²) in [5, 5.41) is 9.65. The van der Waals surface area contributed by atoms with E-state index in [-0.39, 0.29) is 24.7 Å². The van der Waals surface area contributed by atoms with Gasteiger partial charge in [-0.25, -0.2) is 13.4 Å². The zero-order chi connectivity index (χ0) is 24.7. The molecule has 0 radical (unpaired) electrons. The number of hydrogen-bond acceptors (Lipinski definition) is 8. The van der Waals surface area contributed by atoms with Crippen LogP contribution >= 0.6 is 0 Å². The molecule has 3 aromatic rings. The van der Waals surface area contributed by atoms with Gasteiger partial charge in [-0.3, -0.25) is 4.98 Å². The van der Waals surface area contributed by atoms with Crippen molar-refractivity contribution in [3.05, 3.63) is 77.7 Å². The van der Waals surface area contributed by atoms with Crippen molar-refractivity contribution in [2.24, 2.45) is 0 Å². The molecule has 0 unspecified atom stereocenters. The van der Waals surface area contributed by atoms with E-state index in [1.807, 2.05) is 24.3 Å². The van der Waals surface area contributed by atoms with Crippen LogP contribution < -0.4 is 14.2 Å². The molecule has 0 fully saturated rings. The number of aromatic nitrogens is 2. The minimum absolute atomic E-state index is 0.115. The van der Waals surface area contributed by atoms with Crippen molar-refractivity contribution in [3.8, 4) is 17.4 Å². The Morgan fingerprint density at radius 1 is 0.824 bits per heavy atom. The van der Waals surface area contributed by atoms with Gasteiger partial charge in [-0.2, -0.15) is 4.31 Å². The number of ether oxygens (including phenoxy) is 3. The first-order valence-corrected chi connectivity index (χ1v) is 12.1. The maximum absolute atomic E-state index is 13.7. The van der Waals surface area contributed by atoms with Crippen LogP contribution in [-0.2, 0) is 23.1 Å². The first kappa shape index (κ1) is 25.4. The van der Waals surface area contributed by atoms with E-state index in [1.165, 1.54) is 30.7 Å². The van der Waals surface area contributed by atoms with Crippen LogP contribution in [0.3, 0.4) is 0 Å². The fraction of sp³-hybridized carbons (Fsp3) is 0.333. The van der Waals surface area contributed by atoms with E-state index in [9.17, 15) is 13.5 Å². The Kier molecular flexibility index (Phi) is 8.43. The van der Waals surface area contributed by atoms with Crippen LogP contribution in [-0.4, -0.2) is 54.4 Å². The quantitative estimate of drug-likeness (QED) is 0.440. The van der Waals surface area contributed by atoms with Crippen molar-refractivity contribution in [1.29, 1.82) is 0 Å². The van der Waals surface area contributed by atoms with Gasteiger partial charge in [-0.05, 0) is 42.3 Å². The zero-order valence-corrected chi connectivity index (χ0v) is 20.4. The van der Waals surface area contributed by atoms with E-state index in [0.29, 0.717) is 11.5 Å². The lowest BCUT2D eigenvalue weighted by molar-refractivity contribution is 0.167. The van der Waals surface area contributed by atoms with Crippen LogP contribution in [0, 0.1) is 0 Å². The van der Waals surface area contributed by atoms with Gasteiger partial charge in [0.2, 0.25) is 15.9 Å². The standard InChI is InChI=1S/C24H29N3O6S/c1-17(24(28)22-13-26-23(33-4)14-25-22)34(29,30)27(15-18-5-9-20(31-2)10-6-18)16-19-7-11-21(32-3)12-8-19/h5-14,17,24,28H,15-16H2,1-4H3/t17-,24+/m0/s1. The predicted molar refractivity (Wildman–Crippen MR) is 127 cm³/mol. The third-order valence-electron chi connectivity index (χ3n) is 5.47. The second-order valence-electron chi connectivity index (χ2n) is 7.64. The average Bonchev–Trinajstić information content (AvgIpc) is 2.88. The topological polar surface area (TPSA) is 111 Å². The van der Waals surface area contributed by atoms with Gasteiger partial charge >= 0.3 is 0 Å². The van der Waals surface area contributed by atoms with E-state index >= 15 is 0 Å². The highest BCUT2D eigenvalue weighted by Gasteiger charge is 2.35. The molecule has 3 rings (SSSR count). The van der Waals surface area contributed by atoms with Crippen LogP contribution in [0.2, 0.25) is 0 Å². The van der Waals surface area contributed by atoms with Gasteiger partial charge in [0.05, 0.1) is 39.4 Å². The highest BCUT2D eigenvalue weighted by Crippen LogP contribution is 2.27. The summed E-state index contributed by atoms with van der Waals surface area (Å²) in [4.78, 5) is 8.12. The summed E-state index contributed by atoms with van der Waals surface area (Å²) in [6.45, 7) is 1.69. The summed E-state index contributed by atoms with van der Waals surface area (Å²) >= 11 is 0. The van der Waals surface area contributed by atoms with E-state index in [4.69, 9.17) is 14.2 Å². The highest BCUT2D eigenvalue weighted by molar-refractivity contribution is 7.89. The van der Waals surface area contributed by atoms with Gasteiger partial charge in [0.15, 0.2) is 0 Å². The number of sulfonamides is 1. The fourth-order valence-corrected chi connectivity index (χ4v) is 4.92. The third kappa shape index (κ3) is 6.02. The fourth-order valence-electron chi connectivity index (χ4n) is 3.33. The molecule has 1 heterocycles. The number of hydrogen-bond donors (Lipinski definition) is 1. The molecule has 182 valence electrons. The Labute approximate surface area is 200 Å². The van der Waals surface area contributed by atoms with Crippen LogP contribution in [0.4, 0.5) is 0 Å². The summed E-state index contributed by atoms with van der Waals surface area (Å²) in [6, 6.07) is 14.3. The molecular weight excluding hydrogens is 458 g/mol. The molecule has 0 saturated heterocycles. The largest absolute Gasteiger partial charge is 0.497 e. The maximum atomic E-state index is 13.7. The third-order valence-corrected chi connectivity index (χ3v) is 7.65. The van der Waals surface area contributed by atoms with E-state index in [0.717, 1.165) is 11.1 Å². The molecule has 2 aromatic carbocycles. The number of rotatable bonds is 11. The van der Waals surface area contributed by atoms with Crippen molar-refractivity contribution in [3.63, 3.8) is 0 Å². The van der Waals surface area contributed by atoms with Crippen LogP contribution in [0.25, 0.3) is 0 Å². The summed E-state index contributed by atoms with van der Waals surface area (Å²) < 4.78 is 44.1. The lowest BCUT2D eigenvalue weighted by Crippen LogP contribution is -2.39. The molecule has 9 nitrogen and oxygen atoms in total. The number of aliphatic hydroxyl groups is 1. The molecule has 0 saturated carbocycles. The van der Waals surface area contributed by atoms with Crippen molar-refractivity contribution < 1.29 is 27.7 Å². The number of aliphatic hydroxyl groups excluding tert-OH is 1. The minimum atomic E-state index is -3.97. The van der Waals surface area contributed by atoms with Crippen molar-refractivity contribution in [1.82, 2.24) is 14.3 Å². The number of methoxy groups -OCH3 is 3. The van der Waals surface area contributed by atoms with Crippen molar-refractivity contribution >= 4 is 10.0 Å². The smallest absolute Gasteiger partial charge is 0.231 e. The highest BCUT2D eigenvalue weighted by atomic mass is 32.2. The first-order valence-electron chi connectivity index (χ1n) is 10.6. The number of benzene rings is 2. The Morgan fingerprint density at radius 3 is 1.71 bits per heavy atom. The summed E-state index contributed by atoms with van der Waals surface area (Å²) in [5.41, 5.74) is 1.71. The molecular formula is C24H29N3O6S. The molecule has 1 N–H and O–H groups in total. The summed E-state index contributed by atoms with van der Waals surface area (Å²) in [6.07, 6.45) is 1.27. The van der Waals surface area contributed by atoms with E-state index in [2.05, 4.69) is 9.97 Å². The van der Waals surface area contributed by atoms with Gasteiger partial charge in [0.1, 0.15) is 22.9 Å². The zero-order valence-electron chi connectivity index (χ0n) is 19.6. The summed E-state index contributed by atoms with van der Waals surface area (Å²) in [5.74, 6) is 1.62. The Morgan fingerprint density at radius 2 is 1.32 bits per heavy atom. The van der Waals surface area contributed by atoms with Crippen molar-refractivity contribution in [2.75, 3.05) is 21.3 Å². The van der Waals surface area contributed by atoms with Gasteiger partial charge < -0.3 is 19.3 Å².